The number of carbonyl (C=O) groups is 1. The van der Waals surface area contributed by atoms with Crippen LogP contribution in [0, 0.1) is 6.92 Å². The van der Waals surface area contributed by atoms with Crippen molar-refractivity contribution >= 4 is 41.8 Å². The molecule has 1 fully saturated rings. The molecular formula is C17H25N6O5PS. The molecule has 164 valence electrons. The highest BCUT2D eigenvalue weighted by Gasteiger charge is 2.35. The summed E-state index contributed by atoms with van der Waals surface area (Å²) in [6, 6.07) is 1.79. The summed E-state index contributed by atoms with van der Waals surface area (Å²) in [6.45, 7) is 8.23. The zero-order valence-electron chi connectivity index (χ0n) is 17.1. The zero-order chi connectivity index (χ0) is 21.7. The summed E-state index contributed by atoms with van der Waals surface area (Å²) >= 11 is 1.03. The van der Waals surface area contributed by atoms with Crippen molar-refractivity contribution in [3.63, 3.8) is 0 Å². The van der Waals surface area contributed by atoms with Gasteiger partial charge in [-0.1, -0.05) is 11.3 Å². The minimum absolute atomic E-state index is 0.146. The number of carboxylic acid groups (broad SMARTS) is 1. The molecule has 1 saturated heterocycles. The molecule has 3 heterocycles. The molecule has 0 saturated carbocycles. The number of piperazine rings is 1. The number of anilines is 3. The number of nitrogens with zero attached hydrogens (tertiary/aromatic N) is 5. The molecule has 1 aliphatic heterocycles. The predicted molar refractivity (Wildman–Crippen MR) is 114 cm³/mol. The molecule has 0 atom stereocenters. The van der Waals surface area contributed by atoms with E-state index in [1.54, 1.807) is 31.5 Å². The Balaban J connectivity index is 1.69. The number of rotatable bonds is 9. The van der Waals surface area contributed by atoms with Crippen molar-refractivity contribution in [3.8, 4) is 0 Å². The maximum Gasteiger partial charge on any atom is 0.408 e. The van der Waals surface area contributed by atoms with E-state index in [0.29, 0.717) is 56.2 Å². The molecule has 11 nitrogen and oxygen atoms in total. The highest BCUT2D eigenvalue weighted by molar-refractivity contribution is 7.51. The zero-order valence-corrected chi connectivity index (χ0v) is 18.8. The van der Waals surface area contributed by atoms with Crippen LogP contribution in [0.3, 0.4) is 0 Å². The van der Waals surface area contributed by atoms with Crippen molar-refractivity contribution in [3.05, 3.63) is 23.0 Å². The van der Waals surface area contributed by atoms with Gasteiger partial charge in [-0.2, -0.15) is 0 Å². The van der Waals surface area contributed by atoms with E-state index in [-0.39, 0.29) is 4.88 Å². The van der Waals surface area contributed by atoms with Crippen LogP contribution in [-0.2, 0) is 13.6 Å². The average Bonchev–Trinajstić information content (AvgIpc) is 3.17. The van der Waals surface area contributed by atoms with Gasteiger partial charge in [0.2, 0.25) is 0 Å². The highest BCUT2D eigenvalue weighted by atomic mass is 32.1. The fourth-order valence-corrected chi connectivity index (χ4v) is 5.40. The van der Waals surface area contributed by atoms with Crippen LogP contribution in [0.15, 0.2) is 12.3 Å². The molecule has 0 aromatic carbocycles. The van der Waals surface area contributed by atoms with E-state index in [2.05, 4.69) is 25.2 Å². The van der Waals surface area contributed by atoms with Crippen molar-refractivity contribution in [2.24, 2.45) is 0 Å². The summed E-state index contributed by atoms with van der Waals surface area (Å²) in [4.78, 5) is 26.2. The van der Waals surface area contributed by atoms with Crippen LogP contribution in [0.1, 0.15) is 29.3 Å². The highest BCUT2D eigenvalue weighted by Crippen LogP contribution is 2.52. The Hall–Kier alpha value is -2.11. The van der Waals surface area contributed by atoms with Gasteiger partial charge in [0.15, 0.2) is 5.13 Å². The molecule has 0 unspecified atom stereocenters. The Kier molecular flexibility index (Phi) is 7.37. The van der Waals surface area contributed by atoms with Gasteiger partial charge >= 0.3 is 13.7 Å². The Morgan fingerprint density at radius 3 is 2.47 bits per heavy atom. The monoisotopic (exact) mass is 456 g/mol. The van der Waals surface area contributed by atoms with Crippen molar-refractivity contribution in [2.45, 2.75) is 20.8 Å². The fraction of sp³-hybridized carbons (Fsp3) is 0.529. The van der Waals surface area contributed by atoms with Gasteiger partial charge < -0.3 is 15.3 Å². The van der Waals surface area contributed by atoms with E-state index < -0.39 is 13.7 Å². The van der Waals surface area contributed by atoms with Crippen LogP contribution >= 0.6 is 19.1 Å². The average molecular weight is 456 g/mol. The molecule has 0 spiro atoms. The lowest BCUT2D eigenvalue weighted by Crippen LogP contribution is -2.45. The first-order chi connectivity index (χ1) is 14.3. The molecule has 0 bridgehead atoms. The van der Waals surface area contributed by atoms with E-state index in [1.165, 1.54) is 6.20 Å². The maximum absolute atomic E-state index is 13.0. The molecule has 0 radical (unpaired) electrons. The van der Waals surface area contributed by atoms with Gasteiger partial charge in [0.05, 0.1) is 19.4 Å². The molecular weight excluding hydrogens is 431 g/mol. The molecule has 0 aliphatic carbocycles. The Labute approximate surface area is 178 Å². The smallest absolute Gasteiger partial charge is 0.408 e. The summed E-state index contributed by atoms with van der Waals surface area (Å²) in [7, 11) is -3.28. The summed E-state index contributed by atoms with van der Waals surface area (Å²) in [6.07, 6.45) is 1.30. The molecule has 13 heteroatoms. The quantitative estimate of drug-likeness (QED) is 0.540. The third kappa shape index (κ3) is 5.32. The normalized spacial score (nSPS) is 15.4. The maximum atomic E-state index is 13.0. The van der Waals surface area contributed by atoms with Gasteiger partial charge in [0.25, 0.3) is 0 Å². The number of aromatic carboxylic acids is 1. The minimum Gasteiger partial charge on any atom is -0.477 e. The number of hydrogen-bond donors (Lipinski definition) is 2. The number of carboxylic acids is 1. The molecule has 30 heavy (non-hydrogen) atoms. The number of aromatic nitrogens is 3. The number of aryl methyl sites for hydroxylation is 1. The van der Waals surface area contributed by atoms with Gasteiger partial charge in [-0.3, -0.25) is 9.05 Å². The standard InChI is InChI=1S/C17H25N6O5PS/c1-4-27-29(26,28-5-2)23-8-6-22(7-9-23)15-10-14(19-12(3)20-15)21-17-18-11-13(30-17)16(24)25/h10-11H,4-9H2,1-3H3,(H,24,25)(H,18,19,20,21). The SMILES string of the molecule is CCOP(=O)(OCC)N1CCN(c2cc(Nc3ncc(C(=O)O)s3)nc(C)n2)CC1. The van der Waals surface area contributed by atoms with Crippen molar-refractivity contribution < 1.29 is 23.5 Å². The first kappa shape index (κ1) is 22.6. The van der Waals surface area contributed by atoms with Crippen LogP contribution in [0.2, 0.25) is 0 Å². The van der Waals surface area contributed by atoms with Crippen molar-refractivity contribution in [2.75, 3.05) is 49.6 Å². The molecule has 2 N–H and O–H groups in total. The minimum atomic E-state index is -3.28. The molecule has 2 aromatic rings. The Morgan fingerprint density at radius 1 is 1.23 bits per heavy atom. The second kappa shape index (κ2) is 9.80. The van der Waals surface area contributed by atoms with E-state index >= 15 is 0 Å². The molecule has 2 aromatic heterocycles. The van der Waals surface area contributed by atoms with Gasteiger partial charge in [0, 0.05) is 32.2 Å². The summed E-state index contributed by atoms with van der Waals surface area (Å²) in [5, 5.41) is 12.5. The lowest BCUT2D eigenvalue weighted by Gasteiger charge is -2.37. The van der Waals surface area contributed by atoms with Gasteiger partial charge in [0.1, 0.15) is 22.3 Å². The topological polar surface area (TPSA) is 130 Å². The van der Waals surface area contributed by atoms with Gasteiger partial charge in [-0.05, 0) is 20.8 Å². The second-order valence-electron chi connectivity index (χ2n) is 6.36. The summed E-state index contributed by atoms with van der Waals surface area (Å²) < 4.78 is 25.6. The van der Waals surface area contributed by atoms with Crippen molar-refractivity contribution in [1.82, 2.24) is 19.6 Å². The second-order valence-corrected chi connectivity index (χ2v) is 9.41. The van der Waals surface area contributed by atoms with Gasteiger partial charge in [-0.25, -0.2) is 29.0 Å². The lowest BCUT2D eigenvalue weighted by molar-refractivity contribution is 0.0702. The lowest BCUT2D eigenvalue weighted by atomic mass is 10.3. The largest absolute Gasteiger partial charge is 0.477 e. The number of thiazole rings is 1. The first-order valence-electron chi connectivity index (χ1n) is 9.56. The third-order valence-electron chi connectivity index (χ3n) is 4.29. The summed E-state index contributed by atoms with van der Waals surface area (Å²) in [5.41, 5.74) is 0. The van der Waals surface area contributed by atoms with E-state index in [4.69, 9.17) is 14.2 Å². The Morgan fingerprint density at radius 2 is 1.90 bits per heavy atom. The number of nitrogens with one attached hydrogen (secondary N) is 1. The fourth-order valence-electron chi connectivity index (χ4n) is 3.02. The predicted octanol–water partition coefficient (Wildman–Crippen LogP) is 2.99. The Bertz CT molecular complexity index is 923. The van der Waals surface area contributed by atoms with Crippen LogP contribution in [0.4, 0.5) is 16.8 Å². The molecule has 3 rings (SSSR count). The van der Waals surface area contributed by atoms with Crippen LogP contribution in [-0.4, -0.2) is 70.1 Å². The van der Waals surface area contributed by atoms with Gasteiger partial charge in [-0.15, -0.1) is 0 Å². The van der Waals surface area contributed by atoms with Crippen LogP contribution < -0.4 is 10.2 Å². The van der Waals surface area contributed by atoms with E-state index in [0.717, 1.165) is 17.2 Å². The third-order valence-corrected chi connectivity index (χ3v) is 7.45. The molecule has 0 amide bonds. The first-order valence-corrected chi connectivity index (χ1v) is 11.9. The molecule has 1 aliphatic rings. The van der Waals surface area contributed by atoms with Crippen LogP contribution in [0.5, 0.6) is 0 Å². The summed E-state index contributed by atoms with van der Waals surface area (Å²) in [5.74, 6) is 0.805. The van der Waals surface area contributed by atoms with E-state index in [9.17, 15) is 9.36 Å². The van der Waals surface area contributed by atoms with E-state index in [1.807, 2.05) is 0 Å². The van der Waals surface area contributed by atoms with Crippen molar-refractivity contribution in [1.29, 1.82) is 0 Å². The number of hydrogen-bond acceptors (Lipinski definition) is 10. The van der Waals surface area contributed by atoms with Crippen LogP contribution in [0.25, 0.3) is 0 Å².